The Kier molecular flexibility index (Phi) is 7.80. The summed E-state index contributed by atoms with van der Waals surface area (Å²) in [5.41, 5.74) is 1.64. The molecule has 1 N–H and O–H groups in total. The molecular weight excluding hydrogens is 552 g/mol. The summed E-state index contributed by atoms with van der Waals surface area (Å²) in [7, 11) is 0. The van der Waals surface area contributed by atoms with E-state index in [2.05, 4.69) is 45.6 Å². The van der Waals surface area contributed by atoms with Crippen LogP contribution in [-0.2, 0) is 29.1 Å². The first-order valence-electron chi connectivity index (χ1n) is 12.9. The van der Waals surface area contributed by atoms with E-state index in [0.717, 1.165) is 25.9 Å². The molecule has 5 rings (SSSR count). The van der Waals surface area contributed by atoms with Crippen molar-refractivity contribution in [1.29, 1.82) is 0 Å². The lowest BCUT2D eigenvalue weighted by Gasteiger charge is -2.39. The third-order valence-corrected chi connectivity index (χ3v) is 8.41. The molecule has 0 bridgehead atoms. The maximum Gasteiger partial charge on any atom is 0.416 e. The Hall–Kier alpha value is -3.18. The molecule has 1 fully saturated rings. The number of aromatic nitrogens is 1. The van der Waals surface area contributed by atoms with Gasteiger partial charge in [-0.3, -0.25) is 4.79 Å². The number of carbonyl (C=O) groups excluding carboxylic acids is 1. The number of alkyl halides is 6. The van der Waals surface area contributed by atoms with Gasteiger partial charge in [-0.15, -0.1) is 11.3 Å². The number of likely N-dealkylation sites (tertiary alicyclic amines) is 1. The van der Waals surface area contributed by atoms with Crippen molar-refractivity contribution in [3.8, 4) is 0 Å². The number of amides is 1. The summed E-state index contributed by atoms with van der Waals surface area (Å²) in [6.07, 6.45) is -3.12. The highest BCUT2D eigenvalue weighted by molar-refractivity contribution is 7.07. The molecule has 1 aliphatic carbocycles. The lowest BCUT2D eigenvalue weighted by atomic mass is 9.74. The highest BCUT2D eigenvalue weighted by atomic mass is 32.1. The minimum atomic E-state index is -4.95. The predicted octanol–water partition coefficient (Wildman–Crippen LogP) is 7.03. The van der Waals surface area contributed by atoms with Crippen LogP contribution in [0.5, 0.6) is 0 Å². The van der Waals surface area contributed by atoms with E-state index < -0.39 is 41.8 Å². The van der Waals surface area contributed by atoms with Gasteiger partial charge in [0.25, 0.3) is 0 Å². The van der Waals surface area contributed by atoms with Gasteiger partial charge in [0.2, 0.25) is 5.91 Å². The molecule has 1 aliphatic heterocycles. The summed E-state index contributed by atoms with van der Waals surface area (Å²) in [6, 6.07) is 9.72. The molecule has 3 aromatic rings. The van der Waals surface area contributed by atoms with Crippen LogP contribution in [0.2, 0.25) is 0 Å². The van der Waals surface area contributed by atoms with Crippen LogP contribution < -0.4 is 5.32 Å². The molecule has 1 atom stereocenters. The number of rotatable bonds is 7. The Morgan fingerprint density at radius 3 is 2.33 bits per heavy atom. The second-order valence-corrected chi connectivity index (χ2v) is 11.0. The minimum absolute atomic E-state index is 0.0268. The van der Waals surface area contributed by atoms with Gasteiger partial charge in [0.05, 0.1) is 28.2 Å². The topological polar surface area (TPSA) is 45.2 Å². The van der Waals surface area contributed by atoms with E-state index in [4.69, 9.17) is 0 Å². The first-order chi connectivity index (χ1) is 18.9. The van der Waals surface area contributed by atoms with Gasteiger partial charge in [-0.2, -0.15) is 26.3 Å². The summed E-state index contributed by atoms with van der Waals surface area (Å²) in [5.74, 6) is -1.17. The third kappa shape index (κ3) is 6.10. The van der Waals surface area contributed by atoms with Crippen molar-refractivity contribution in [2.24, 2.45) is 0 Å². The summed E-state index contributed by atoms with van der Waals surface area (Å²) >= 11 is 1.31. The number of piperidine rings is 1. The average Bonchev–Trinajstić information content (AvgIpc) is 3.57. The zero-order chi connectivity index (χ0) is 28.5. The number of allylic oxidation sites excluding steroid dienone is 1. The van der Waals surface area contributed by atoms with Crippen molar-refractivity contribution >= 4 is 23.3 Å². The number of nitrogens with zero attached hydrogens (tertiary/aromatic N) is 2. The van der Waals surface area contributed by atoms with Crippen LogP contribution in [0.25, 0.3) is 6.08 Å². The van der Waals surface area contributed by atoms with Crippen LogP contribution in [-0.4, -0.2) is 35.4 Å². The first-order valence-corrected chi connectivity index (χ1v) is 13.8. The van der Waals surface area contributed by atoms with Crippen molar-refractivity contribution in [3.05, 3.63) is 92.9 Å². The molecule has 2 aliphatic rings. The van der Waals surface area contributed by atoms with E-state index in [0.29, 0.717) is 30.8 Å². The van der Waals surface area contributed by atoms with E-state index in [1.165, 1.54) is 22.5 Å². The van der Waals surface area contributed by atoms with Crippen LogP contribution in [0.4, 0.5) is 26.3 Å². The molecule has 2 aromatic carbocycles. The number of benzene rings is 2. The molecule has 1 amide bonds. The summed E-state index contributed by atoms with van der Waals surface area (Å²) in [4.78, 5) is 19.7. The van der Waals surface area contributed by atoms with Gasteiger partial charge in [0.1, 0.15) is 0 Å². The van der Waals surface area contributed by atoms with E-state index >= 15 is 0 Å². The number of carbonyl (C=O) groups is 1. The van der Waals surface area contributed by atoms with Crippen LogP contribution >= 0.6 is 11.3 Å². The van der Waals surface area contributed by atoms with Crippen molar-refractivity contribution in [3.63, 3.8) is 0 Å². The number of nitrogens with one attached hydrogen (secondary N) is 1. The van der Waals surface area contributed by atoms with Gasteiger partial charge in [-0.05, 0) is 73.8 Å². The molecule has 4 nitrogen and oxygen atoms in total. The van der Waals surface area contributed by atoms with Gasteiger partial charge in [-0.25, -0.2) is 4.98 Å². The summed E-state index contributed by atoms with van der Waals surface area (Å²) in [5, 5.41) is 4.28. The number of halogens is 6. The summed E-state index contributed by atoms with van der Waals surface area (Å²) in [6.45, 7) is 1.83. The Morgan fingerprint density at radius 1 is 1.02 bits per heavy atom. The molecule has 1 spiro atoms. The Balaban J connectivity index is 1.23. The van der Waals surface area contributed by atoms with Crippen molar-refractivity contribution in [2.75, 3.05) is 19.6 Å². The van der Waals surface area contributed by atoms with Gasteiger partial charge >= 0.3 is 12.4 Å². The second kappa shape index (κ2) is 11.0. The van der Waals surface area contributed by atoms with Crippen LogP contribution in [0, 0.1) is 0 Å². The average molecular weight is 580 g/mol. The minimum Gasteiger partial charge on any atom is -0.351 e. The number of hydrogen-bond donors (Lipinski definition) is 1. The molecule has 11 heteroatoms. The lowest BCUT2D eigenvalue weighted by molar-refractivity contribution is -0.143. The smallest absolute Gasteiger partial charge is 0.351 e. The fourth-order valence-corrected chi connectivity index (χ4v) is 6.21. The molecule has 1 unspecified atom stereocenters. The lowest BCUT2D eigenvalue weighted by Crippen LogP contribution is -2.42. The molecule has 1 aromatic heterocycles. The van der Waals surface area contributed by atoms with E-state index in [1.54, 1.807) is 10.9 Å². The monoisotopic (exact) mass is 579 g/mol. The second-order valence-electron chi connectivity index (χ2n) is 10.3. The van der Waals surface area contributed by atoms with Gasteiger partial charge in [0.15, 0.2) is 0 Å². The fourth-order valence-electron chi connectivity index (χ4n) is 5.60. The largest absolute Gasteiger partial charge is 0.416 e. The fraction of sp³-hybridized carbons (Fsp3) is 0.379. The van der Waals surface area contributed by atoms with E-state index in [9.17, 15) is 31.1 Å². The molecule has 0 radical (unpaired) electrons. The van der Waals surface area contributed by atoms with Crippen LogP contribution in [0.1, 0.15) is 58.7 Å². The highest BCUT2D eigenvalue weighted by Gasteiger charge is 2.39. The molecule has 0 saturated carbocycles. The van der Waals surface area contributed by atoms with Crippen LogP contribution in [0.3, 0.4) is 0 Å². The highest BCUT2D eigenvalue weighted by Crippen LogP contribution is 2.43. The quantitative estimate of drug-likeness (QED) is 0.306. The van der Waals surface area contributed by atoms with Crippen molar-refractivity contribution in [1.82, 2.24) is 15.2 Å². The summed E-state index contributed by atoms with van der Waals surface area (Å²) < 4.78 is 79.4. The van der Waals surface area contributed by atoms with Gasteiger partial charge in [0, 0.05) is 17.3 Å². The Morgan fingerprint density at radius 2 is 1.70 bits per heavy atom. The normalized spacial score (nSPS) is 17.6. The van der Waals surface area contributed by atoms with E-state index in [-0.39, 0.29) is 17.0 Å². The standard InChI is InChI=1S/C29H27F6N3OS/c30-28(31,32)21-13-19(14-22(15-21)29(33,34)35)16-36-26(39)23(25-17-40-18-37-25)6-10-38-11-8-27(9-12-38)7-5-20-3-1-2-4-24(20)27/h1-5,7,13-15,17-18,23H,6,8-12,16H2,(H,36,39). The predicted molar refractivity (Wildman–Crippen MR) is 141 cm³/mol. The van der Waals surface area contributed by atoms with Crippen LogP contribution in [0.15, 0.2) is 59.4 Å². The van der Waals surface area contributed by atoms with Gasteiger partial charge in [-0.1, -0.05) is 36.4 Å². The first kappa shape index (κ1) is 28.4. The zero-order valence-electron chi connectivity index (χ0n) is 21.4. The maximum absolute atomic E-state index is 13.2. The number of fused-ring (bicyclic) bond motifs is 2. The Labute approximate surface area is 231 Å². The molecular formula is C29H27F6N3OS. The third-order valence-electron chi connectivity index (χ3n) is 7.80. The molecule has 2 heterocycles. The maximum atomic E-state index is 13.2. The van der Waals surface area contributed by atoms with Crippen molar-refractivity contribution < 1.29 is 31.1 Å². The Bertz CT molecular complexity index is 1340. The van der Waals surface area contributed by atoms with Gasteiger partial charge < -0.3 is 10.2 Å². The SMILES string of the molecule is O=C(NCc1cc(C(F)(F)F)cc(C(F)(F)F)c1)C(CCN1CCC2(C=Cc3ccccc32)CC1)c1cscn1. The molecule has 1 saturated heterocycles. The van der Waals surface area contributed by atoms with E-state index in [1.807, 2.05) is 6.07 Å². The molecule has 40 heavy (non-hydrogen) atoms. The zero-order valence-corrected chi connectivity index (χ0v) is 22.2. The van der Waals surface area contributed by atoms with Crippen molar-refractivity contribution in [2.45, 2.75) is 49.5 Å². The number of thiazole rings is 1. The molecule has 212 valence electrons. The number of hydrogen-bond acceptors (Lipinski definition) is 4.